The zero-order valence-electron chi connectivity index (χ0n) is 16.0. The van der Waals surface area contributed by atoms with Crippen LogP contribution in [0.25, 0.3) is 17.4 Å². The van der Waals surface area contributed by atoms with E-state index in [1.165, 1.54) is 6.08 Å². The number of carbonyl (C=O) groups excluding carboxylic acids is 2. The van der Waals surface area contributed by atoms with Crippen molar-refractivity contribution in [2.24, 2.45) is 0 Å². The van der Waals surface area contributed by atoms with Gasteiger partial charge in [-0.1, -0.05) is 23.7 Å². The molecule has 1 N–H and O–H groups in total. The monoisotopic (exact) mass is 420 g/mol. The van der Waals surface area contributed by atoms with E-state index in [1.807, 2.05) is 6.07 Å². The highest BCUT2D eigenvalue weighted by atomic mass is 35.5. The maximum absolute atomic E-state index is 12.3. The van der Waals surface area contributed by atoms with Gasteiger partial charge in [0.2, 0.25) is 0 Å². The molecule has 0 atom stereocenters. The number of nitriles is 1. The van der Waals surface area contributed by atoms with Crippen molar-refractivity contribution in [3.8, 4) is 17.4 Å². The minimum atomic E-state index is -0.559. The van der Waals surface area contributed by atoms with Crippen LogP contribution in [0, 0.1) is 11.3 Å². The molecule has 0 saturated carbocycles. The third-order valence-electron chi connectivity index (χ3n) is 4.06. The number of hydrogen-bond donors (Lipinski definition) is 1. The van der Waals surface area contributed by atoms with Gasteiger partial charge in [-0.3, -0.25) is 4.79 Å². The SMILES string of the molecule is CCOC(=O)c1ccc(-c2ccc(/C=C(\C#N)C(=O)Nc3ccc(Cl)cc3)o2)cc1. The molecule has 3 rings (SSSR count). The summed E-state index contributed by atoms with van der Waals surface area (Å²) in [6, 6.07) is 18.6. The number of nitrogens with one attached hydrogen (secondary N) is 1. The summed E-state index contributed by atoms with van der Waals surface area (Å²) in [5.41, 5.74) is 1.60. The third kappa shape index (κ3) is 5.16. The average molecular weight is 421 g/mol. The Balaban J connectivity index is 1.74. The number of amides is 1. The van der Waals surface area contributed by atoms with Crippen molar-refractivity contribution < 1.29 is 18.7 Å². The Labute approximate surface area is 178 Å². The Morgan fingerprint density at radius 3 is 2.43 bits per heavy atom. The lowest BCUT2D eigenvalue weighted by molar-refractivity contribution is -0.112. The van der Waals surface area contributed by atoms with E-state index in [9.17, 15) is 14.9 Å². The predicted octanol–water partition coefficient (Wildman–Crippen LogP) is 5.32. The summed E-state index contributed by atoms with van der Waals surface area (Å²) < 4.78 is 10.7. The van der Waals surface area contributed by atoms with Gasteiger partial charge in [0, 0.05) is 22.3 Å². The molecule has 0 saturated heterocycles. The van der Waals surface area contributed by atoms with E-state index >= 15 is 0 Å². The van der Waals surface area contributed by atoms with Crippen LogP contribution in [0.5, 0.6) is 0 Å². The van der Waals surface area contributed by atoms with Crippen molar-refractivity contribution in [2.45, 2.75) is 6.92 Å². The van der Waals surface area contributed by atoms with Crippen LogP contribution in [0.2, 0.25) is 5.02 Å². The van der Waals surface area contributed by atoms with E-state index in [2.05, 4.69) is 5.32 Å². The van der Waals surface area contributed by atoms with Crippen molar-refractivity contribution in [3.63, 3.8) is 0 Å². The molecule has 0 radical (unpaired) electrons. The fourth-order valence-electron chi connectivity index (χ4n) is 2.59. The Hall–Kier alpha value is -3.82. The molecule has 0 aliphatic heterocycles. The van der Waals surface area contributed by atoms with Crippen molar-refractivity contribution in [3.05, 3.63) is 82.6 Å². The van der Waals surface area contributed by atoms with Gasteiger partial charge in [-0.15, -0.1) is 0 Å². The minimum absolute atomic E-state index is 0.108. The smallest absolute Gasteiger partial charge is 0.338 e. The molecule has 1 amide bonds. The Kier molecular flexibility index (Phi) is 6.68. The summed E-state index contributed by atoms with van der Waals surface area (Å²) in [5, 5.41) is 12.5. The lowest BCUT2D eigenvalue weighted by Crippen LogP contribution is -2.13. The standard InChI is InChI=1S/C23H17ClN2O4/c1-2-29-23(28)16-5-3-15(4-6-16)21-12-11-20(30-21)13-17(14-25)22(27)26-19-9-7-18(24)8-10-19/h3-13H,2H2,1H3,(H,26,27)/b17-13+. The topological polar surface area (TPSA) is 92.3 Å². The fourth-order valence-corrected chi connectivity index (χ4v) is 2.72. The second-order valence-corrected chi connectivity index (χ2v) is 6.57. The van der Waals surface area contributed by atoms with Crippen LogP contribution in [0.3, 0.4) is 0 Å². The molecule has 6 nitrogen and oxygen atoms in total. The fraction of sp³-hybridized carbons (Fsp3) is 0.0870. The number of anilines is 1. The Bertz CT molecular complexity index is 1120. The Morgan fingerprint density at radius 1 is 1.10 bits per heavy atom. The molecule has 0 bridgehead atoms. The maximum Gasteiger partial charge on any atom is 0.338 e. The molecule has 1 aromatic heterocycles. The Morgan fingerprint density at radius 2 is 1.80 bits per heavy atom. The zero-order chi connectivity index (χ0) is 21.5. The highest BCUT2D eigenvalue weighted by molar-refractivity contribution is 6.30. The number of carbonyl (C=O) groups is 2. The zero-order valence-corrected chi connectivity index (χ0v) is 16.8. The number of furan rings is 1. The highest BCUT2D eigenvalue weighted by Crippen LogP contribution is 2.24. The molecule has 0 fully saturated rings. The quantitative estimate of drug-likeness (QED) is 0.331. The number of rotatable bonds is 6. The first-order chi connectivity index (χ1) is 14.5. The van der Waals surface area contributed by atoms with Crippen molar-refractivity contribution >= 4 is 35.2 Å². The maximum atomic E-state index is 12.3. The number of hydrogen-bond acceptors (Lipinski definition) is 5. The summed E-state index contributed by atoms with van der Waals surface area (Å²) >= 11 is 5.82. The highest BCUT2D eigenvalue weighted by Gasteiger charge is 2.12. The van der Waals surface area contributed by atoms with E-state index in [4.69, 9.17) is 20.8 Å². The first kappa shape index (κ1) is 20.9. The normalized spacial score (nSPS) is 10.9. The lowest BCUT2D eigenvalue weighted by Gasteiger charge is -2.04. The molecule has 0 aliphatic carbocycles. The first-order valence-corrected chi connectivity index (χ1v) is 9.44. The van der Waals surface area contributed by atoms with Crippen LogP contribution < -0.4 is 5.32 Å². The lowest BCUT2D eigenvalue weighted by atomic mass is 10.1. The summed E-state index contributed by atoms with van der Waals surface area (Å²) in [7, 11) is 0. The van der Waals surface area contributed by atoms with Crippen LogP contribution in [-0.2, 0) is 9.53 Å². The van der Waals surface area contributed by atoms with Crippen molar-refractivity contribution in [1.29, 1.82) is 5.26 Å². The molecule has 1 heterocycles. The number of halogens is 1. The summed E-state index contributed by atoms with van der Waals surface area (Å²) in [5.74, 6) is -0.0663. The summed E-state index contributed by atoms with van der Waals surface area (Å²) in [6.45, 7) is 2.05. The number of esters is 1. The number of nitrogens with zero attached hydrogens (tertiary/aromatic N) is 1. The molecule has 7 heteroatoms. The molecule has 150 valence electrons. The van der Waals surface area contributed by atoms with E-state index in [1.54, 1.807) is 67.6 Å². The second-order valence-electron chi connectivity index (χ2n) is 6.13. The largest absolute Gasteiger partial charge is 0.462 e. The van der Waals surface area contributed by atoms with Crippen LogP contribution >= 0.6 is 11.6 Å². The molecule has 3 aromatic rings. The van der Waals surface area contributed by atoms with Gasteiger partial charge in [0.05, 0.1) is 12.2 Å². The molecule has 0 unspecified atom stereocenters. The van der Waals surface area contributed by atoms with Crippen molar-refractivity contribution in [2.75, 3.05) is 11.9 Å². The molecule has 2 aromatic carbocycles. The number of benzene rings is 2. The van der Waals surface area contributed by atoms with Crippen LogP contribution in [-0.4, -0.2) is 18.5 Å². The van der Waals surface area contributed by atoms with E-state index in [0.717, 1.165) is 5.56 Å². The van der Waals surface area contributed by atoms with Gasteiger partial charge in [-0.25, -0.2) is 4.79 Å². The van der Waals surface area contributed by atoms with Gasteiger partial charge in [-0.05, 0) is 55.5 Å². The predicted molar refractivity (Wildman–Crippen MR) is 114 cm³/mol. The average Bonchev–Trinajstić information content (AvgIpc) is 3.22. The van der Waals surface area contributed by atoms with Gasteiger partial charge in [0.15, 0.2) is 0 Å². The first-order valence-electron chi connectivity index (χ1n) is 9.06. The van der Waals surface area contributed by atoms with E-state index in [-0.39, 0.29) is 5.57 Å². The van der Waals surface area contributed by atoms with Crippen LogP contribution in [0.4, 0.5) is 5.69 Å². The van der Waals surface area contributed by atoms with Crippen LogP contribution in [0.15, 0.2) is 70.7 Å². The minimum Gasteiger partial charge on any atom is -0.462 e. The molecule has 30 heavy (non-hydrogen) atoms. The van der Waals surface area contributed by atoms with Gasteiger partial charge in [0.25, 0.3) is 5.91 Å². The van der Waals surface area contributed by atoms with Gasteiger partial charge >= 0.3 is 5.97 Å². The summed E-state index contributed by atoms with van der Waals surface area (Å²) in [4.78, 5) is 24.1. The molecular weight excluding hydrogens is 404 g/mol. The molecule has 0 aliphatic rings. The van der Waals surface area contributed by atoms with Gasteiger partial charge < -0.3 is 14.5 Å². The van der Waals surface area contributed by atoms with Crippen LogP contribution in [0.1, 0.15) is 23.0 Å². The second kappa shape index (κ2) is 9.59. The molecular formula is C23H17ClN2O4. The summed E-state index contributed by atoms with van der Waals surface area (Å²) in [6.07, 6.45) is 1.36. The molecule has 0 spiro atoms. The number of ether oxygens (including phenoxy) is 1. The van der Waals surface area contributed by atoms with Gasteiger partial charge in [-0.2, -0.15) is 5.26 Å². The van der Waals surface area contributed by atoms with Crippen molar-refractivity contribution in [1.82, 2.24) is 0 Å². The van der Waals surface area contributed by atoms with Gasteiger partial charge in [0.1, 0.15) is 23.2 Å². The van der Waals surface area contributed by atoms with E-state index < -0.39 is 11.9 Å². The third-order valence-corrected chi connectivity index (χ3v) is 4.31. The van der Waals surface area contributed by atoms with E-state index in [0.29, 0.717) is 34.4 Å².